The number of nitro groups is 3. The van der Waals surface area contributed by atoms with Crippen molar-refractivity contribution >= 4 is 29.5 Å². The third-order valence-corrected chi connectivity index (χ3v) is 1.66. The zero-order valence-electron chi connectivity index (χ0n) is 7.80. The summed E-state index contributed by atoms with van der Waals surface area (Å²) in [5.41, 5.74) is -3.00. The van der Waals surface area contributed by atoms with E-state index in [1.54, 1.807) is 0 Å². The predicted octanol–water partition coefficient (Wildman–Crippen LogP) is 1.54. The number of hydrogen-bond acceptors (Lipinski definition) is 7. The van der Waals surface area contributed by atoms with E-state index >= 15 is 0 Å². The van der Waals surface area contributed by atoms with Crippen molar-refractivity contribution in [2.45, 2.75) is 0 Å². The van der Waals surface area contributed by atoms with Gasteiger partial charge in [0.15, 0.2) is 0 Å². The van der Waals surface area contributed by atoms with Gasteiger partial charge in [0.1, 0.15) is 0 Å². The van der Waals surface area contributed by atoms with Crippen LogP contribution in [0.5, 0.6) is 5.75 Å². The minimum atomic E-state index is -1.21. The average Bonchev–Trinajstić information content (AvgIpc) is 2.16. The van der Waals surface area contributed by atoms with Crippen molar-refractivity contribution in [3.63, 3.8) is 0 Å². The summed E-state index contributed by atoms with van der Waals surface area (Å²) in [6.45, 7) is 0. The van der Waals surface area contributed by atoms with Crippen LogP contribution in [0.25, 0.3) is 0 Å². The van der Waals surface area contributed by atoms with Crippen LogP contribution in [-0.4, -0.2) is 19.9 Å². The molecular formula is C6H4ClN3O7. The van der Waals surface area contributed by atoms with Crippen LogP contribution in [-0.2, 0) is 0 Å². The number of rotatable bonds is 3. The number of halogens is 1. The van der Waals surface area contributed by atoms with Crippen molar-refractivity contribution in [3.8, 4) is 5.75 Å². The second-order valence-electron chi connectivity index (χ2n) is 2.60. The molecular weight excluding hydrogens is 262 g/mol. The highest BCUT2D eigenvalue weighted by atomic mass is 35.5. The summed E-state index contributed by atoms with van der Waals surface area (Å²) in [6.07, 6.45) is 0. The van der Waals surface area contributed by atoms with E-state index in [1.807, 2.05) is 0 Å². The first-order valence-corrected chi connectivity index (χ1v) is 3.64. The second kappa shape index (κ2) is 5.03. The maximum Gasteiger partial charge on any atom is 0.324 e. The zero-order valence-corrected chi connectivity index (χ0v) is 8.62. The van der Waals surface area contributed by atoms with E-state index in [2.05, 4.69) is 0 Å². The molecule has 0 aromatic heterocycles. The standard InChI is InChI=1S/C6H3N3O7.ClH/c10-6-4(8(13)14)1-3(7(11)12)2-5(6)9(15)16;/h1-2,10H;1H. The number of nitro benzene ring substituents is 3. The van der Waals surface area contributed by atoms with Crippen LogP contribution in [0.2, 0.25) is 0 Å². The smallest absolute Gasteiger partial charge is 0.324 e. The normalized spacial score (nSPS) is 9.18. The third-order valence-electron chi connectivity index (χ3n) is 1.66. The van der Waals surface area contributed by atoms with Gasteiger partial charge in [-0.05, 0) is 0 Å². The summed E-state index contributed by atoms with van der Waals surface area (Å²) in [6, 6.07) is 0.894. The van der Waals surface area contributed by atoms with Gasteiger partial charge in [-0.3, -0.25) is 30.3 Å². The van der Waals surface area contributed by atoms with Crippen LogP contribution in [0.1, 0.15) is 0 Å². The van der Waals surface area contributed by atoms with E-state index in [1.165, 1.54) is 0 Å². The molecule has 0 saturated heterocycles. The lowest BCUT2D eigenvalue weighted by molar-refractivity contribution is -0.404. The molecule has 0 aliphatic heterocycles. The highest BCUT2D eigenvalue weighted by Gasteiger charge is 2.29. The van der Waals surface area contributed by atoms with Crippen molar-refractivity contribution in [3.05, 3.63) is 42.5 Å². The van der Waals surface area contributed by atoms with Crippen molar-refractivity contribution in [2.75, 3.05) is 0 Å². The van der Waals surface area contributed by atoms with E-state index < -0.39 is 37.6 Å². The largest absolute Gasteiger partial charge is 0.497 e. The van der Waals surface area contributed by atoms with Crippen LogP contribution in [0, 0.1) is 30.3 Å². The number of nitrogens with zero attached hydrogens (tertiary/aromatic N) is 3. The van der Waals surface area contributed by atoms with Crippen LogP contribution < -0.4 is 0 Å². The molecule has 0 saturated carbocycles. The molecule has 0 atom stereocenters. The topological polar surface area (TPSA) is 150 Å². The minimum absolute atomic E-state index is 0. The zero-order chi connectivity index (χ0) is 12.5. The van der Waals surface area contributed by atoms with Gasteiger partial charge in [-0.2, -0.15) is 0 Å². The van der Waals surface area contributed by atoms with Crippen LogP contribution in [0.4, 0.5) is 17.1 Å². The van der Waals surface area contributed by atoms with E-state index in [9.17, 15) is 30.3 Å². The van der Waals surface area contributed by atoms with Gasteiger partial charge >= 0.3 is 11.4 Å². The summed E-state index contributed by atoms with van der Waals surface area (Å²) < 4.78 is 0. The summed E-state index contributed by atoms with van der Waals surface area (Å²) in [7, 11) is 0. The number of hydrogen-bond donors (Lipinski definition) is 1. The molecule has 0 aliphatic rings. The van der Waals surface area contributed by atoms with E-state index in [0.717, 1.165) is 0 Å². The van der Waals surface area contributed by atoms with Crippen molar-refractivity contribution in [2.24, 2.45) is 0 Å². The minimum Gasteiger partial charge on any atom is -0.497 e. The molecule has 1 N–H and O–H groups in total. The van der Waals surface area contributed by atoms with Gasteiger partial charge in [0, 0.05) is 0 Å². The molecule has 0 bridgehead atoms. The van der Waals surface area contributed by atoms with Gasteiger partial charge < -0.3 is 5.11 Å². The van der Waals surface area contributed by atoms with E-state index in [4.69, 9.17) is 5.11 Å². The van der Waals surface area contributed by atoms with Crippen LogP contribution in [0.3, 0.4) is 0 Å². The SMILES string of the molecule is Cl.O=[N+]([O-])c1cc([N+](=O)[O-])c(O)c([N+](=O)[O-])c1. The molecule has 0 spiro atoms. The fourth-order valence-corrected chi connectivity index (χ4v) is 0.974. The Balaban J connectivity index is 0.00000256. The molecule has 0 aliphatic carbocycles. The number of aromatic hydroxyl groups is 1. The average molecular weight is 266 g/mol. The number of phenolic OH excluding ortho intramolecular Hbond substituents is 1. The van der Waals surface area contributed by atoms with Gasteiger partial charge in [0.2, 0.25) is 0 Å². The van der Waals surface area contributed by atoms with Crippen LogP contribution >= 0.6 is 12.4 Å². The van der Waals surface area contributed by atoms with Gasteiger partial charge in [0.05, 0.1) is 26.9 Å². The molecule has 92 valence electrons. The van der Waals surface area contributed by atoms with E-state index in [0.29, 0.717) is 12.1 Å². The third kappa shape index (κ3) is 2.75. The second-order valence-corrected chi connectivity index (χ2v) is 2.60. The first-order chi connectivity index (χ1) is 7.34. The van der Waals surface area contributed by atoms with Crippen molar-refractivity contribution in [1.82, 2.24) is 0 Å². The Bertz CT molecular complexity index is 467. The summed E-state index contributed by atoms with van der Waals surface area (Å²) in [4.78, 5) is 27.8. The summed E-state index contributed by atoms with van der Waals surface area (Å²) in [5.74, 6) is -1.21. The molecule has 1 aromatic rings. The fourth-order valence-electron chi connectivity index (χ4n) is 0.974. The molecule has 11 heteroatoms. The summed E-state index contributed by atoms with van der Waals surface area (Å²) in [5, 5.41) is 40.2. The highest BCUT2D eigenvalue weighted by molar-refractivity contribution is 5.85. The molecule has 1 aromatic carbocycles. The highest BCUT2D eigenvalue weighted by Crippen LogP contribution is 2.38. The first-order valence-electron chi connectivity index (χ1n) is 3.64. The fraction of sp³-hybridized carbons (Fsp3) is 0. The van der Waals surface area contributed by atoms with Gasteiger partial charge in [-0.25, -0.2) is 0 Å². The Morgan fingerprint density at radius 3 is 1.47 bits per heavy atom. The van der Waals surface area contributed by atoms with Gasteiger partial charge in [-0.1, -0.05) is 0 Å². The number of non-ortho nitro benzene ring substituents is 1. The maximum absolute atomic E-state index is 10.4. The number of benzene rings is 1. The molecule has 10 nitrogen and oxygen atoms in total. The molecule has 0 radical (unpaired) electrons. The van der Waals surface area contributed by atoms with E-state index in [-0.39, 0.29) is 12.4 Å². The molecule has 0 unspecified atom stereocenters. The summed E-state index contributed by atoms with van der Waals surface area (Å²) >= 11 is 0. The molecule has 1 rings (SSSR count). The Morgan fingerprint density at radius 2 is 1.24 bits per heavy atom. The lowest BCUT2D eigenvalue weighted by atomic mass is 10.2. The monoisotopic (exact) mass is 265 g/mol. The quantitative estimate of drug-likeness (QED) is 0.643. The lowest BCUT2D eigenvalue weighted by Gasteiger charge is -1.97. The van der Waals surface area contributed by atoms with Gasteiger partial charge in [0.25, 0.3) is 11.4 Å². The molecule has 0 fully saturated rings. The Morgan fingerprint density at radius 1 is 0.882 bits per heavy atom. The molecule has 0 heterocycles. The Labute approximate surface area is 98.3 Å². The van der Waals surface area contributed by atoms with Crippen LogP contribution in [0.15, 0.2) is 12.1 Å². The van der Waals surface area contributed by atoms with Crippen molar-refractivity contribution in [1.29, 1.82) is 0 Å². The van der Waals surface area contributed by atoms with Crippen molar-refractivity contribution < 1.29 is 19.9 Å². The first kappa shape index (κ1) is 14.5. The molecule has 0 amide bonds. The molecule has 17 heavy (non-hydrogen) atoms. The predicted molar refractivity (Wildman–Crippen MR) is 55.3 cm³/mol. The Kier molecular flexibility index (Phi) is 4.29. The lowest BCUT2D eigenvalue weighted by Crippen LogP contribution is -1.97. The Hall–Kier alpha value is -2.49. The maximum atomic E-state index is 10.4. The van der Waals surface area contributed by atoms with Gasteiger partial charge in [-0.15, -0.1) is 12.4 Å². The number of phenols is 1.